The Morgan fingerprint density at radius 2 is 1.84 bits per heavy atom. The zero-order valence-corrected chi connectivity index (χ0v) is 27.8. The molecule has 0 spiro atoms. The Hall–Kier alpha value is -3.45. The van der Waals surface area contributed by atoms with Crippen LogP contribution in [0.5, 0.6) is 0 Å². The number of aryl methyl sites for hydroxylation is 1. The first kappa shape index (κ1) is 36.0. The van der Waals surface area contributed by atoms with E-state index in [1.807, 2.05) is 33.8 Å². The Labute approximate surface area is 267 Å². The third-order valence-electron chi connectivity index (χ3n) is 6.74. The van der Waals surface area contributed by atoms with Crippen molar-refractivity contribution in [2.75, 3.05) is 27.2 Å². The van der Waals surface area contributed by atoms with E-state index in [9.17, 15) is 22.8 Å². The molecular formula is C32H45F3N6O3S. The van der Waals surface area contributed by atoms with Gasteiger partial charge in [0.15, 0.2) is 0 Å². The van der Waals surface area contributed by atoms with Crippen LogP contribution in [0.3, 0.4) is 0 Å². The number of halogens is 3. The fraction of sp³-hybridized carbons (Fsp3) is 0.562. The van der Waals surface area contributed by atoms with Crippen molar-refractivity contribution in [3.63, 3.8) is 0 Å². The summed E-state index contributed by atoms with van der Waals surface area (Å²) < 4.78 is 46.9. The molecular weight excluding hydrogens is 605 g/mol. The van der Waals surface area contributed by atoms with E-state index in [1.54, 1.807) is 36.4 Å². The van der Waals surface area contributed by atoms with E-state index in [0.717, 1.165) is 41.5 Å². The highest BCUT2D eigenvalue weighted by atomic mass is 32.1. The zero-order valence-electron chi connectivity index (χ0n) is 27.0. The normalized spacial score (nSPS) is 13.6. The molecule has 2 aromatic heterocycles. The molecule has 0 bridgehead atoms. The van der Waals surface area contributed by atoms with Gasteiger partial charge in [0.05, 0.1) is 28.4 Å². The Morgan fingerprint density at radius 1 is 1.11 bits per heavy atom. The number of aromatic nitrogens is 1. The first-order valence-corrected chi connectivity index (χ1v) is 16.0. The van der Waals surface area contributed by atoms with Crippen LogP contribution in [0, 0.1) is 0 Å². The highest BCUT2D eigenvalue weighted by Crippen LogP contribution is 2.36. The van der Waals surface area contributed by atoms with Crippen LogP contribution in [-0.2, 0) is 35.2 Å². The number of alkyl carbamates (subject to hydrolysis) is 1. The number of rotatable bonds is 13. The first-order chi connectivity index (χ1) is 21.1. The maximum absolute atomic E-state index is 13.9. The van der Waals surface area contributed by atoms with Gasteiger partial charge in [-0.05, 0) is 84.3 Å². The van der Waals surface area contributed by atoms with Crippen LogP contribution in [0.25, 0.3) is 6.08 Å². The molecule has 0 saturated heterocycles. The highest BCUT2D eigenvalue weighted by molar-refractivity contribution is 7.13. The van der Waals surface area contributed by atoms with Crippen LogP contribution < -0.4 is 11.1 Å². The van der Waals surface area contributed by atoms with Gasteiger partial charge in [0, 0.05) is 42.7 Å². The van der Waals surface area contributed by atoms with Crippen molar-refractivity contribution in [2.45, 2.75) is 91.1 Å². The number of alkyl halides is 3. The Bertz CT molecular complexity index is 1400. The summed E-state index contributed by atoms with van der Waals surface area (Å²) in [6.45, 7) is 8.29. The molecule has 0 atom stereocenters. The van der Waals surface area contributed by atoms with Gasteiger partial charge in [0.1, 0.15) is 11.4 Å². The van der Waals surface area contributed by atoms with Crippen LogP contribution in [0.15, 0.2) is 28.9 Å². The number of nitrogens with zero attached hydrogens (tertiary/aromatic N) is 4. The molecule has 0 saturated carbocycles. The smallest absolute Gasteiger partial charge is 0.416 e. The van der Waals surface area contributed by atoms with Crippen molar-refractivity contribution < 1.29 is 27.5 Å². The van der Waals surface area contributed by atoms with Gasteiger partial charge in [0.25, 0.3) is 5.91 Å². The van der Waals surface area contributed by atoms with E-state index in [1.165, 1.54) is 11.1 Å². The average Bonchev–Trinajstić information content (AvgIpc) is 3.21. The first-order valence-electron chi connectivity index (χ1n) is 15.2. The van der Waals surface area contributed by atoms with Gasteiger partial charge in [0.2, 0.25) is 0 Å². The molecule has 248 valence electrons. The van der Waals surface area contributed by atoms with Crippen molar-refractivity contribution in [2.24, 2.45) is 10.7 Å². The average molecular weight is 651 g/mol. The Balaban J connectivity index is 1.69. The van der Waals surface area contributed by atoms with Gasteiger partial charge in [-0.25, -0.2) is 9.79 Å². The van der Waals surface area contributed by atoms with Gasteiger partial charge >= 0.3 is 12.3 Å². The molecule has 1 aliphatic heterocycles. The van der Waals surface area contributed by atoms with Crippen LogP contribution in [-0.4, -0.2) is 65.4 Å². The van der Waals surface area contributed by atoms with E-state index < -0.39 is 23.4 Å². The number of nitrogens with one attached hydrogen (secondary N) is 1. The minimum Gasteiger partial charge on any atom is -0.444 e. The number of carbonyl (C=O) groups is 2. The summed E-state index contributed by atoms with van der Waals surface area (Å²) in [6, 6.07) is 3.03. The number of aliphatic imine (C=N–C) groups is 1. The second-order valence-electron chi connectivity index (χ2n) is 12.4. The molecule has 0 fully saturated rings. The molecule has 45 heavy (non-hydrogen) atoms. The molecule has 0 aromatic carbocycles. The SMILES string of the molecule is CCCN(Cc1cc(C(F)(F)F)c(CN(C)C)cn1)C(=O)C1=Cc2sc(CCCCCNC(=O)OC(C)(C)C)cc2N=C(N)C1. The lowest BCUT2D eigenvalue weighted by atomic mass is 10.1. The summed E-state index contributed by atoms with van der Waals surface area (Å²) in [5.74, 6) is -0.00380. The minimum absolute atomic E-state index is 0.0578. The third-order valence-corrected chi connectivity index (χ3v) is 7.87. The fourth-order valence-corrected chi connectivity index (χ4v) is 5.98. The molecule has 0 unspecified atom stereocenters. The number of unbranched alkanes of at least 4 members (excludes halogenated alkanes) is 2. The van der Waals surface area contributed by atoms with Gasteiger partial charge in [-0.15, -0.1) is 11.3 Å². The molecule has 3 N–H and O–H groups in total. The number of nitrogens with two attached hydrogens (primary N) is 1. The van der Waals surface area contributed by atoms with Crippen molar-refractivity contribution in [1.82, 2.24) is 20.1 Å². The number of carbonyl (C=O) groups excluding carboxylic acids is 2. The largest absolute Gasteiger partial charge is 0.444 e. The summed E-state index contributed by atoms with van der Waals surface area (Å²) in [6.07, 6.45) is 2.31. The number of hydrogen-bond acceptors (Lipinski definition) is 8. The summed E-state index contributed by atoms with van der Waals surface area (Å²) >= 11 is 1.55. The molecule has 3 rings (SSSR count). The summed E-state index contributed by atoms with van der Waals surface area (Å²) in [7, 11) is 3.39. The number of thiophene rings is 1. The third kappa shape index (κ3) is 11.4. The van der Waals surface area contributed by atoms with Gasteiger partial charge in [-0.3, -0.25) is 9.78 Å². The maximum Gasteiger partial charge on any atom is 0.416 e. The number of hydrogen-bond donors (Lipinski definition) is 2. The van der Waals surface area contributed by atoms with Gasteiger partial charge in [-0.2, -0.15) is 13.2 Å². The second kappa shape index (κ2) is 15.7. The van der Waals surface area contributed by atoms with Crippen molar-refractivity contribution in [3.8, 4) is 0 Å². The van der Waals surface area contributed by atoms with Crippen LogP contribution in [0.2, 0.25) is 0 Å². The topological polar surface area (TPSA) is 113 Å². The molecule has 13 heteroatoms. The number of amidine groups is 1. The number of amides is 2. The van der Waals surface area contributed by atoms with E-state index in [4.69, 9.17) is 10.5 Å². The minimum atomic E-state index is -4.54. The van der Waals surface area contributed by atoms with E-state index in [-0.39, 0.29) is 36.7 Å². The molecule has 2 amide bonds. The lowest BCUT2D eigenvalue weighted by molar-refractivity contribution is -0.138. The highest BCUT2D eigenvalue weighted by Gasteiger charge is 2.34. The Kier molecular flexibility index (Phi) is 12.6. The summed E-state index contributed by atoms with van der Waals surface area (Å²) in [5, 5.41) is 2.77. The number of pyridine rings is 1. The maximum atomic E-state index is 13.9. The zero-order chi connectivity index (χ0) is 33.4. The standard InChI is InChI=1S/C32H45F3N6O3S/c1-7-13-41(20-23-16-25(32(33,34)35)22(18-38-23)19-40(5)6)29(42)21-14-27-26(39-28(36)15-21)17-24(45-27)11-9-8-10-12-37-30(43)44-31(2,3)4/h14,16-18H,7-13,15,19-20H2,1-6H3,(H2,36,39)(H,37,43). The van der Waals surface area contributed by atoms with E-state index in [0.29, 0.717) is 36.6 Å². The number of ether oxygens (including phenoxy) is 1. The lowest BCUT2D eigenvalue weighted by Crippen LogP contribution is -2.34. The lowest BCUT2D eigenvalue weighted by Gasteiger charge is -2.24. The summed E-state index contributed by atoms with van der Waals surface area (Å²) in [4.78, 5) is 39.5. The quantitative estimate of drug-likeness (QED) is 0.234. The molecule has 0 aliphatic carbocycles. The van der Waals surface area contributed by atoms with Gasteiger partial charge in [-0.1, -0.05) is 13.3 Å². The van der Waals surface area contributed by atoms with Crippen molar-refractivity contribution in [3.05, 3.63) is 50.5 Å². The van der Waals surface area contributed by atoms with E-state index >= 15 is 0 Å². The number of fused-ring (bicyclic) bond motifs is 1. The summed E-state index contributed by atoms with van der Waals surface area (Å²) in [5.41, 5.74) is 6.33. The fourth-order valence-electron chi connectivity index (χ4n) is 4.87. The van der Waals surface area contributed by atoms with Crippen molar-refractivity contribution >= 4 is 40.9 Å². The predicted molar refractivity (Wildman–Crippen MR) is 172 cm³/mol. The van der Waals surface area contributed by atoms with Crippen molar-refractivity contribution in [1.29, 1.82) is 0 Å². The monoisotopic (exact) mass is 650 g/mol. The van der Waals surface area contributed by atoms with Crippen LogP contribution in [0.4, 0.5) is 23.7 Å². The van der Waals surface area contributed by atoms with Crippen LogP contribution >= 0.6 is 11.3 Å². The molecule has 1 aliphatic rings. The second-order valence-corrected chi connectivity index (χ2v) is 13.6. The van der Waals surface area contributed by atoms with Gasteiger partial charge < -0.3 is 25.6 Å². The Morgan fingerprint density at radius 3 is 2.49 bits per heavy atom. The molecule has 3 heterocycles. The van der Waals surface area contributed by atoms with E-state index in [2.05, 4.69) is 15.3 Å². The predicted octanol–water partition coefficient (Wildman–Crippen LogP) is 6.68. The van der Waals surface area contributed by atoms with Crippen LogP contribution in [0.1, 0.15) is 86.4 Å². The molecule has 2 aromatic rings. The molecule has 0 radical (unpaired) electrons. The molecule has 9 nitrogen and oxygen atoms in total.